The Kier molecular flexibility index (Phi) is 14.5. The number of likely N-dealkylation sites (tertiary alicyclic amines) is 1. The maximum Gasteiger partial charge on any atom is 0.490 e. The first-order valence-electron chi connectivity index (χ1n) is 16.5. The van der Waals surface area contributed by atoms with Gasteiger partial charge >= 0.3 is 18.1 Å². The van der Waals surface area contributed by atoms with E-state index in [2.05, 4.69) is 32.2 Å². The highest BCUT2D eigenvalue weighted by Gasteiger charge is 2.38. The lowest BCUT2D eigenvalue weighted by Crippen LogP contribution is -2.33. The SMILES string of the molecule is COC(=O)c1ccc(CN(Cc2cccc(-c3cccc(C(=O)NCCN4CCCC4)c3)c2)C(=O)Cc2ccccc2Br)cc1.O=C(O)C(F)(F)F. The minimum absolute atomic E-state index is 0.0167. The van der Waals surface area contributed by atoms with Gasteiger partial charge in [-0.15, -0.1) is 0 Å². The number of nitrogens with one attached hydrogen (secondary N) is 1. The lowest BCUT2D eigenvalue weighted by atomic mass is 10.0. The van der Waals surface area contributed by atoms with Crippen LogP contribution in [0.1, 0.15) is 50.2 Å². The molecule has 0 aromatic heterocycles. The van der Waals surface area contributed by atoms with Gasteiger partial charge in [-0.2, -0.15) is 13.2 Å². The second kappa shape index (κ2) is 19.0. The number of hydrogen-bond acceptors (Lipinski definition) is 6. The van der Waals surface area contributed by atoms with Crippen molar-refractivity contribution in [1.82, 2.24) is 15.1 Å². The number of amides is 2. The van der Waals surface area contributed by atoms with Crippen molar-refractivity contribution in [2.75, 3.05) is 33.3 Å². The molecule has 0 spiro atoms. The zero-order valence-electron chi connectivity index (χ0n) is 28.5. The number of carbonyl (C=O) groups is 4. The highest BCUT2D eigenvalue weighted by atomic mass is 79.9. The predicted molar refractivity (Wildman–Crippen MR) is 193 cm³/mol. The standard InChI is InChI=1S/C37H38BrN3O4.C2HF3O2/c1-45-37(44)29-16-14-27(15-17-29)25-41(35(42)24-32-9-2-3-13-34(32)38)26-28-8-6-10-30(22-28)31-11-7-12-33(23-31)36(43)39-18-21-40-19-4-5-20-40;3-2(4,5)1(6)7/h2-3,6-17,22-23H,4-5,18-21,24-26H2,1H3,(H,39,43);(H,6,7). The summed E-state index contributed by atoms with van der Waals surface area (Å²) in [5.41, 5.74) is 5.79. The molecule has 0 unspecified atom stereocenters. The molecule has 52 heavy (non-hydrogen) atoms. The second-order valence-corrected chi connectivity index (χ2v) is 12.9. The van der Waals surface area contributed by atoms with Crippen molar-refractivity contribution in [2.24, 2.45) is 0 Å². The van der Waals surface area contributed by atoms with Crippen LogP contribution in [-0.2, 0) is 33.8 Å². The monoisotopic (exact) mass is 781 g/mol. The Morgan fingerprint density at radius 1 is 0.827 bits per heavy atom. The number of aliphatic carboxylic acids is 1. The van der Waals surface area contributed by atoms with Crippen LogP contribution >= 0.6 is 15.9 Å². The Morgan fingerprint density at radius 3 is 2.08 bits per heavy atom. The molecular weight excluding hydrogens is 743 g/mol. The number of methoxy groups -OCH3 is 1. The van der Waals surface area contributed by atoms with Crippen LogP contribution in [0.2, 0.25) is 0 Å². The number of hydrogen-bond donors (Lipinski definition) is 2. The maximum atomic E-state index is 13.7. The summed E-state index contributed by atoms with van der Waals surface area (Å²) < 4.78 is 37.5. The summed E-state index contributed by atoms with van der Waals surface area (Å²) in [6, 6.07) is 30.6. The average Bonchev–Trinajstić information content (AvgIpc) is 3.66. The number of alkyl halides is 3. The van der Waals surface area contributed by atoms with Gasteiger partial charge in [0.2, 0.25) is 5.91 Å². The quantitative estimate of drug-likeness (QED) is 0.147. The van der Waals surface area contributed by atoms with E-state index in [9.17, 15) is 27.6 Å². The van der Waals surface area contributed by atoms with Crippen molar-refractivity contribution >= 4 is 39.7 Å². The number of carbonyl (C=O) groups excluding carboxylic acids is 3. The predicted octanol–water partition coefficient (Wildman–Crippen LogP) is 7.13. The zero-order valence-corrected chi connectivity index (χ0v) is 30.1. The molecule has 5 rings (SSSR count). The summed E-state index contributed by atoms with van der Waals surface area (Å²) in [6.45, 7) is 4.49. The molecule has 1 heterocycles. The fraction of sp³-hybridized carbons (Fsp3) is 0.282. The third-order valence-electron chi connectivity index (χ3n) is 8.31. The average molecular weight is 783 g/mol. The van der Waals surface area contributed by atoms with Crippen molar-refractivity contribution < 1.29 is 42.2 Å². The van der Waals surface area contributed by atoms with E-state index in [4.69, 9.17) is 14.6 Å². The van der Waals surface area contributed by atoms with E-state index in [0.717, 1.165) is 51.9 Å². The number of rotatable bonds is 12. The molecule has 0 aliphatic carbocycles. The minimum Gasteiger partial charge on any atom is -0.475 e. The molecule has 0 atom stereocenters. The lowest BCUT2D eigenvalue weighted by molar-refractivity contribution is -0.192. The highest BCUT2D eigenvalue weighted by Crippen LogP contribution is 2.24. The molecule has 0 radical (unpaired) electrons. The summed E-state index contributed by atoms with van der Waals surface area (Å²) in [5.74, 6) is -3.25. The van der Waals surface area contributed by atoms with E-state index in [-0.39, 0.29) is 18.2 Å². The van der Waals surface area contributed by atoms with Crippen LogP contribution in [0.3, 0.4) is 0 Å². The molecule has 1 aliphatic heterocycles. The number of benzene rings is 4. The van der Waals surface area contributed by atoms with Crippen molar-refractivity contribution in [1.29, 1.82) is 0 Å². The fourth-order valence-corrected chi connectivity index (χ4v) is 6.00. The van der Waals surface area contributed by atoms with E-state index >= 15 is 0 Å². The largest absolute Gasteiger partial charge is 0.490 e. The Balaban J connectivity index is 0.000000785. The molecule has 2 N–H and O–H groups in total. The van der Waals surface area contributed by atoms with E-state index in [1.807, 2.05) is 83.8 Å². The van der Waals surface area contributed by atoms with Gasteiger partial charge in [0.05, 0.1) is 19.1 Å². The summed E-state index contributed by atoms with van der Waals surface area (Å²) in [4.78, 5) is 51.7. The molecule has 4 aromatic rings. The zero-order chi connectivity index (χ0) is 37.7. The van der Waals surface area contributed by atoms with Crippen molar-refractivity contribution in [3.05, 3.63) is 129 Å². The first-order chi connectivity index (χ1) is 24.8. The molecule has 2 amide bonds. The number of nitrogens with zero attached hydrogens (tertiary/aromatic N) is 2. The molecule has 1 saturated heterocycles. The van der Waals surface area contributed by atoms with E-state index in [1.165, 1.54) is 20.0 Å². The third-order valence-corrected chi connectivity index (χ3v) is 9.09. The van der Waals surface area contributed by atoms with Gasteiger partial charge in [-0.3, -0.25) is 9.59 Å². The first-order valence-corrected chi connectivity index (χ1v) is 17.3. The smallest absolute Gasteiger partial charge is 0.475 e. The van der Waals surface area contributed by atoms with E-state index in [0.29, 0.717) is 30.8 Å². The summed E-state index contributed by atoms with van der Waals surface area (Å²) >= 11 is 3.57. The van der Waals surface area contributed by atoms with Gasteiger partial charge in [-0.1, -0.05) is 76.6 Å². The fourth-order valence-electron chi connectivity index (χ4n) is 5.58. The normalized spacial score (nSPS) is 12.7. The Hall–Kier alpha value is -5.01. The van der Waals surface area contributed by atoms with Crippen molar-refractivity contribution in [3.8, 4) is 11.1 Å². The molecule has 0 saturated carbocycles. The second-order valence-electron chi connectivity index (χ2n) is 12.1. The Morgan fingerprint density at radius 2 is 1.44 bits per heavy atom. The topological polar surface area (TPSA) is 116 Å². The number of carboxylic acid groups (broad SMARTS) is 1. The lowest BCUT2D eigenvalue weighted by Gasteiger charge is -2.24. The number of carboxylic acids is 1. The van der Waals surface area contributed by atoms with Gasteiger partial charge in [0.1, 0.15) is 0 Å². The van der Waals surface area contributed by atoms with Crippen LogP contribution in [0.4, 0.5) is 13.2 Å². The van der Waals surface area contributed by atoms with Gasteiger partial charge in [0.15, 0.2) is 0 Å². The van der Waals surface area contributed by atoms with Gasteiger partial charge in [0, 0.05) is 36.2 Å². The van der Waals surface area contributed by atoms with Crippen LogP contribution in [-0.4, -0.2) is 78.1 Å². The highest BCUT2D eigenvalue weighted by molar-refractivity contribution is 9.10. The first kappa shape index (κ1) is 39.8. The van der Waals surface area contributed by atoms with Crippen LogP contribution in [0.5, 0.6) is 0 Å². The molecular formula is C39H39BrF3N3O6. The number of esters is 1. The Bertz CT molecular complexity index is 1850. The van der Waals surface area contributed by atoms with Crippen LogP contribution in [0.15, 0.2) is 102 Å². The van der Waals surface area contributed by atoms with Crippen molar-refractivity contribution in [3.63, 3.8) is 0 Å². The minimum atomic E-state index is -5.08. The molecule has 1 fully saturated rings. The number of ether oxygens (including phenoxy) is 1. The molecule has 274 valence electrons. The van der Waals surface area contributed by atoms with Gasteiger partial charge in [0.25, 0.3) is 5.91 Å². The number of halogens is 4. The summed E-state index contributed by atoms with van der Waals surface area (Å²) in [6.07, 6.45) is -2.37. The molecule has 4 aromatic carbocycles. The van der Waals surface area contributed by atoms with Gasteiger partial charge < -0.3 is 25.0 Å². The van der Waals surface area contributed by atoms with Crippen LogP contribution in [0, 0.1) is 0 Å². The van der Waals surface area contributed by atoms with Gasteiger partial charge in [-0.05, 0) is 90.1 Å². The third kappa shape index (κ3) is 12.1. The van der Waals surface area contributed by atoms with Gasteiger partial charge in [-0.25, -0.2) is 9.59 Å². The van der Waals surface area contributed by atoms with Crippen LogP contribution in [0.25, 0.3) is 11.1 Å². The van der Waals surface area contributed by atoms with Crippen LogP contribution < -0.4 is 5.32 Å². The maximum absolute atomic E-state index is 13.7. The molecule has 9 nitrogen and oxygen atoms in total. The van der Waals surface area contributed by atoms with E-state index in [1.54, 1.807) is 12.1 Å². The summed E-state index contributed by atoms with van der Waals surface area (Å²) in [5, 5.41) is 10.2. The Labute approximate surface area is 308 Å². The summed E-state index contributed by atoms with van der Waals surface area (Å²) in [7, 11) is 1.36. The van der Waals surface area contributed by atoms with Crippen molar-refractivity contribution in [2.45, 2.75) is 38.5 Å². The molecule has 1 aliphatic rings. The van der Waals surface area contributed by atoms with E-state index < -0.39 is 18.1 Å². The molecule has 13 heteroatoms. The molecule has 0 bridgehead atoms.